The van der Waals surface area contributed by atoms with E-state index in [9.17, 15) is 0 Å². The lowest BCUT2D eigenvalue weighted by Gasteiger charge is -2.11. The Morgan fingerprint density at radius 3 is 2.69 bits per heavy atom. The fraction of sp³-hybridized carbons (Fsp3) is 0.190. The number of methoxy groups -OCH3 is 1. The van der Waals surface area contributed by atoms with Crippen molar-refractivity contribution in [1.29, 1.82) is 0 Å². The van der Waals surface area contributed by atoms with Crippen molar-refractivity contribution >= 4 is 33.2 Å². The van der Waals surface area contributed by atoms with Gasteiger partial charge in [0.05, 0.1) is 23.0 Å². The van der Waals surface area contributed by atoms with Crippen molar-refractivity contribution in [2.24, 2.45) is 0 Å². The summed E-state index contributed by atoms with van der Waals surface area (Å²) in [5.41, 5.74) is 3.78. The highest BCUT2D eigenvalue weighted by molar-refractivity contribution is 9.10. The molecule has 0 aliphatic carbocycles. The molecule has 2 N–H and O–H groups in total. The lowest BCUT2D eigenvalue weighted by atomic mass is 10.1. The van der Waals surface area contributed by atoms with Gasteiger partial charge in [-0.2, -0.15) is 9.61 Å². The summed E-state index contributed by atoms with van der Waals surface area (Å²) in [5, 5.41) is 11.1. The number of ether oxygens (including phenoxy) is 1. The first-order chi connectivity index (χ1) is 14.2. The van der Waals surface area contributed by atoms with Crippen molar-refractivity contribution in [2.75, 3.05) is 30.9 Å². The molecule has 4 rings (SSSR count). The van der Waals surface area contributed by atoms with Gasteiger partial charge in [0.2, 0.25) is 0 Å². The number of aromatic nitrogens is 4. The molecule has 0 fully saturated rings. The zero-order chi connectivity index (χ0) is 20.1. The number of anilines is 2. The molecule has 7 nitrogen and oxygen atoms in total. The van der Waals surface area contributed by atoms with Crippen molar-refractivity contribution in [2.45, 2.75) is 6.54 Å². The molecule has 0 saturated carbocycles. The summed E-state index contributed by atoms with van der Waals surface area (Å²) in [6, 6.07) is 16.1. The van der Waals surface area contributed by atoms with Crippen LogP contribution in [0.25, 0.3) is 16.9 Å². The molecule has 3 heterocycles. The Hall–Kier alpha value is -2.97. The lowest BCUT2D eigenvalue weighted by molar-refractivity contribution is 0.210. The lowest BCUT2D eigenvalue weighted by Crippen LogP contribution is -2.09. The van der Waals surface area contributed by atoms with Gasteiger partial charge in [-0.1, -0.05) is 36.4 Å². The summed E-state index contributed by atoms with van der Waals surface area (Å²) in [6.07, 6.45) is 3.61. The summed E-state index contributed by atoms with van der Waals surface area (Å²) in [4.78, 5) is 9.20. The van der Waals surface area contributed by atoms with Gasteiger partial charge in [-0.3, -0.25) is 0 Å². The second-order valence-corrected chi connectivity index (χ2v) is 7.30. The number of hydrogen-bond donors (Lipinski definition) is 2. The molecule has 148 valence electrons. The third kappa shape index (κ3) is 4.55. The van der Waals surface area contributed by atoms with Crippen LogP contribution in [0.4, 0.5) is 11.6 Å². The minimum Gasteiger partial charge on any atom is -0.383 e. The third-order valence-electron chi connectivity index (χ3n) is 4.41. The number of nitrogens with zero attached hydrogens (tertiary/aromatic N) is 4. The van der Waals surface area contributed by atoms with Crippen molar-refractivity contribution < 1.29 is 4.74 Å². The van der Waals surface area contributed by atoms with E-state index < -0.39 is 0 Å². The Balaban J connectivity index is 1.54. The summed E-state index contributed by atoms with van der Waals surface area (Å²) >= 11 is 3.54. The molecule has 4 aromatic rings. The van der Waals surface area contributed by atoms with E-state index >= 15 is 0 Å². The molecule has 0 unspecified atom stereocenters. The Morgan fingerprint density at radius 1 is 1.07 bits per heavy atom. The van der Waals surface area contributed by atoms with Crippen LogP contribution in [0.3, 0.4) is 0 Å². The zero-order valence-corrected chi connectivity index (χ0v) is 17.6. The molecule has 0 saturated heterocycles. The molecule has 0 radical (unpaired) electrons. The normalized spacial score (nSPS) is 11.0. The molecule has 3 aromatic heterocycles. The maximum absolute atomic E-state index is 5.04. The van der Waals surface area contributed by atoms with E-state index in [0.29, 0.717) is 13.2 Å². The van der Waals surface area contributed by atoms with Crippen LogP contribution in [0.1, 0.15) is 5.56 Å². The number of benzene rings is 1. The van der Waals surface area contributed by atoms with Gasteiger partial charge in [-0.15, -0.1) is 0 Å². The summed E-state index contributed by atoms with van der Waals surface area (Å²) < 4.78 is 7.69. The van der Waals surface area contributed by atoms with E-state index in [1.165, 1.54) is 0 Å². The van der Waals surface area contributed by atoms with Gasteiger partial charge in [0.25, 0.3) is 0 Å². The Labute approximate surface area is 177 Å². The number of halogens is 1. The second kappa shape index (κ2) is 9.02. The first-order valence-electron chi connectivity index (χ1n) is 9.26. The molecule has 0 spiro atoms. The molecule has 0 atom stereocenters. The first-order valence-corrected chi connectivity index (χ1v) is 10.1. The summed E-state index contributed by atoms with van der Waals surface area (Å²) in [5.74, 6) is 1.70. The highest BCUT2D eigenvalue weighted by Gasteiger charge is 2.11. The Morgan fingerprint density at radius 2 is 1.93 bits per heavy atom. The van der Waals surface area contributed by atoms with Gasteiger partial charge in [-0.05, 0) is 27.6 Å². The van der Waals surface area contributed by atoms with Crippen molar-refractivity contribution in [3.05, 3.63) is 71.0 Å². The van der Waals surface area contributed by atoms with Gasteiger partial charge in [0.15, 0.2) is 5.65 Å². The molecule has 1 aromatic carbocycles. The largest absolute Gasteiger partial charge is 0.383 e. The predicted molar refractivity (Wildman–Crippen MR) is 118 cm³/mol. The molecule has 0 aliphatic rings. The predicted octanol–water partition coefficient (Wildman–Crippen LogP) is 4.22. The molecule has 0 aliphatic heterocycles. The standard InChI is InChI=1S/C21H21BrN6O/c1-29-10-9-23-19-8-7-15(12-24-19)13-25-20-11-18(16-5-3-2-4-6-16)27-21-17(22)14-26-28(20)21/h2-8,11-12,14,25H,9-10,13H2,1H3,(H,23,24). The van der Waals surface area contributed by atoms with Crippen LogP contribution in [0.5, 0.6) is 0 Å². The maximum Gasteiger partial charge on any atom is 0.172 e. The Kier molecular flexibility index (Phi) is 6.02. The number of rotatable bonds is 8. The van der Waals surface area contributed by atoms with Crippen molar-refractivity contribution in [3.63, 3.8) is 0 Å². The molecule has 0 bridgehead atoms. The van der Waals surface area contributed by atoms with Crippen LogP contribution in [-0.4, -0.2) is 39.8 Å². The molecule has 29 heavy (non-hydrogen) atoms. The van der Waals surface area contributed by atoms with Crippen LogP contribution < -0.4 is 10.6 Å². The van der Waals surface area contributed by atoms with Gasteiger partial charge < -0.3 is 15.4 Å². The number of fused-ring (bicyclic) bond motifs is 1. The quantitative estimate of drug-likeness (QED) is 0.389. The van der Waals surface area contributed by atoms with Gasteiger partial charge in [-0.25, -0.2) is 9.97 Å². The minimum atomic E-state index is 0.621. The van der Waals surface area contributed by atoms with E-state index in [1.807, 2.05) is 54.7 Å². The van der Waals surface area contributed by atoms with Gasteiger partial charge in [0.1, 0.15) is 11.6 Å². The van der Waals surface area contributed by atoms with E-state index in [-0.39, 0.29) is 0 Å². The molecular formula is C21H21BrN6O. The monoisotopic (exact) mass is 452 g/mol. The first kappa shape index (κ1) is 19.4. The van der Waals surface area contributed by atoms with Crippen molar-refractivity contribution in [1.82, 2.24) is 19.6 Å². The van der Waals surface area contributed by atoms with Crippen LogP contribution in [0.15, 0.2) is 65.4 Å². The fourth-order valence-electron chi connectivity index (χ4n) is 2.93. The highest BCUT2D eigenvalue weighted by atomic mass is 79.9. The summed E-state index contributed by atoms with van der Waals surface area (Å²) in [7, 11) is 1.68. The molecular weight excluding hydrogens is 432 g/mol. The van der Waals surface area contributed by atoms with Crippen LogP contribution >= 0.6 is 15.9 Å². The zero-order valence-electron chi connectivity index (χ0n) is 16.0. The van der Waals surface area contributed by atoms with Crippen LogP contribution in [0, 0.1) is 0 Å². The third-order valence-corrected chi connectivity index (χ3v) is 4.97. The Bertz CT molecular complexity index is 1080. The van der Waals surface area contributed by atoms with Crippen LogP contribution in [-0.2, 0) is 11.3 Å². The van der Waals surface area contributed by atoms with Crippen molar-refractivity contribution in [3.8, 4) is 11.3 Å². The number of pyridine rings is 1. The molecule has 8 heteroatoms. The van der Waals surface area contributed by atoms with Crippen LogP contribution in [0.2, 0.25) is 0 Å². The summed E-state index contributed by atoms with van der Waals surface area (Å²) in [6.45, 7) is 1.99. The number of hydrogen-bond acceptors (Lipinski definition) is 6. The van der Waals surface area contributed by atoms with E-state index in [4.69, 9.17) is 9.72 Å². The minimum absolute atomic E-state index is 0.621. The second-order valence-electron chi connectivity index (χ2n) is 6.45. The van der Waals surface area contributed by atoms with Gasteiger partial charge >= 0.3 is 0 Å². The van der Waals surface area contributed by atoms with Gasteiger partial charge in [0, 0.05) is 38.0 Å². The average molecular weight is 453 g/mol. The smallest absolute Gasteiger partial charge is 0.172 e. The fourth-order valence-corrected chi connectivity index (χ4v) is 3.27. The van der Waals surface area contributed by atoms with E-state index in [0.717, 1.165) is 45.1 Å². The SMILES string of the molecule is COCCNc1ccc(CNc2cc(-c3ccccc3)nc3c(Br)cnn23)cn1. The highest BCUT2D eigenvalue weighted by Crippen LogP contribution is 2.26. The maximum atomic E-state index is 5.04. The average Bonchev–Trinajstić information content (AvgIpc) is 3.15. The number of nitrogens with one attached hydrogen (secondary N) is 2. The van der Waals surface area contributed by atoms with E-state index in [1.54, 1.807) is 17.8 Å². The van der Waals surface area contributed by atoms with E-state index in [2.05, 4.69) is 36.6 Å². The molecule has 0 amide bonds. The topological polar surface area (TPSA) is 76.4 Å².